The largest absolute Gasteiger partial charge is 0.497 e. The minimum atomic E-state index is -0.259. The molecule has 3 aromatic rings. The number of likely N-dealkylation sites (tertiary alicyclic amines) is 1. The van der Waals surface area contributed by atoms with Gasteiger partial charge in [0.15, 0.2) is 0 Å². The Morgan fingerprint density at radius 3 is 2.41 bits per heavy atom. The molecule has 1 heterocycles. The maximum atomic E-state index is 15.1. The van der Waals surface area contributed by atoms with Crippen molar-refractivity contribution in [1.82, 2.24) is 4.90 Å². The van der Waals surface area contributed by atoms with Crippen molar-refractivity contribution in [2.45, 2.75) is 83.5 Å². The second kappa shape index (κ2) is 13.1. The van der Waals surface area contributed by atoms with Crippen molar-refractivity contribution in [1.29, 1.82) is 0 Å². The van der Waals surface area contributed by atoms with E-state index in [1.54, 1.807) is 19.2 Å². The summed E-state index contributed by atoms with van der Waals surface area (Å²) in [5.41, 5.74) is 4.66. The Morgan fingerprint density at radius 2 is 1.71 bits per heavy atom. The number of carbonyl (C=O) groups excluding carboxylic acids is 1. The highest BCUT2D eigenvalue weighted by Crippen LogP contribution is 2.45. The smallest absolute Gasteiger partial charge is 0.306 e. The Labute approximate surface area is 243 Å². The maximum Gasteiger partial charge on any atom is 0.306 e. The van der Waals surface area contributed by atoms with E-state index in [0.29, 0.717) is 42.3 Å². The van der Waals surface area contributed by atoms with Crippen LogP contribution in [-0.4, -0.2) is 37.2 Å². The number of halogens is 1. The molecular formula is C35H42FNO4. The number of carbonyl (C=O) groups is 1. The van der Waals surface area contributed by atoms with Crippen molar-refractivity contribution >= 4 is 5.97 Å². The summed E-state index contributed by atoms with van der Waals surface area (Å²) in [6.07, 6.45) is 6.26. The molecule has 5 rings (SSSR count). The van der Waals surface area contributed by atoms with Crippen LogP contribution in [0, 0.1) is 11.7 Å². The Balaban J connectivity index is 1.40. The second-order valence-electron chi connectivity index (χ2n) is 11.7. The zero-order chi connectivity index (χ0) is 28.9. The van der Waals surface area contributed by atoms with Gasteiger partial charge in [0.1, 0.15) is 23.9 Å². The normalized spacial score (nSPS) is 19.9. The van der Waals surface area contributed by atoms with Gasteiger partial charge in [0, 0.05) is 24.2 Å². The van der Waals surface area contributed by atoms with Gasteiger partial charge in [-0.1, -0.05) is 36.8 Å². The third-order valence-corrected chi connectivity index (χ3v) is 8.86. The molecule has 1 aliphatic carbocycles. The van der Waals surface area contributed by atoms with E-state index in [2.05, 4.69) is 36.9 Å². The Kier molecular flexibility index (Phi) is 9.29. The van der Waals surface area contributed by atoms with Crippen LogP contribution in [0.1, 0.15) is 75.0 Å². The lowest BCUT2D eigenvalue weighted by atomic mass is 9.91. The van der Waals surface area contributed by atoms with Gasteiger partial charge in [-0.3, -0.25) is 9.69 Å². The first-order valence-corrected chi connectivity index (χ1v) is 14.9. The van der Waals surface area contributed by atoms with E-state index in [-0.39, 0.29) is 17.7 Å². The van der Waals surface area contributed by atoms with E-state index in [1.165, 1.54) is 32.4 Å². The lowest BCUT2D eigenvalue weighted by Gasteiger charge is -2.39. The zero-order valence-electron chi connectivity index (χ0n) is 24.7. The summed E-state index contributed by atoms with van der Waals surface area (Å²) in [6.45, 7) is 5.72. The van der Waals surface area contributed by atoms with Crippen LogP contribution in [0.5, 0.6) is 11.5 Å². The molecule has 218 valence electrons. The minimum Gasteiger partial charge on any atom is -0.497 e. The number of benzene rings is 3. The van der Waals surface area contributed by atoms with E-state index in [1.807, 2.05) is 24.3 Å². The molecule has 1 saturated heterocycles. The molecule has 0 radical (unpaired) electrons. The van der Waals surface area contributed by atoms with Gasteiger partial charge < -0.3 is 14.2 Å². The minimum absolute atomic E-state index is 0.156. The van der Waals surface area contributed by atoms with Crippen LogP contribution in [-0.2, 0) is 22.7 Å². The summed E-state index contributed by atoms with van der Waals surface area (Å²) < 4.78 is 31.8. The van der Waals surface area contributed by atoms with E-state index in [4.69, 9.17) is 14.2 Å². The zero-order valence-corrected chi connectivity index (χ0v) is 24.7. The fourth-order valence-corrected chi connectivity index (χ4v) is 6.27. The summed E-state index contributed by atoms with van der Waals surface area (Å²) in [6, 6.07) is 20.1. The summed E-state index contributed by atoms with van der Waals surface area (Å²) >= 11 is 0. The van der Waals surface area contributed by atoms with E-state index >= 15 is 4.39 Å². The quantitative estimate of drug-likeness (QED) is 0.224. The van der Waals surface area contributed by atoms with Gasteiger partial charge in [0.25, 0.3) is 0 Å². The van der Waals surface area contributed by atoms with Gasteiger partial charge in [0.05, 0.1) is 20.6 Å². The molecule has 3 atom stereocenters. The summed E-state index contributed by atoms with van der Waals surface area (Å²) in [4.78, 5) is 14.6. The first-order chi connectivity index (χ1) is 19.9. The molecule has 41 heavy (non-hydrogen) atoms. The maximum absolute atomic E-state index is 15.1. The lowest BCUT2D eigenvalue weighted by molar-refractivity contribution is -0.141. The van der Waals surface area contributed by atoms with E-state index in [0.717, 1.165) is 47.4 Å². The fraction of sp³-hybridized carbons (Fsp3) is 0.457. The third kappa shape index (κ3) is 7.10. The second-order valence-corrected chi connectivity index (χ2v) is 11.7. The lowest BCUT2D eigenvalue weighted by Crippen LogP contribution is -2.43. The van der Waals surface area contributed by atoms with Crippen LogP contribution in [0.4, 0.5) is 4.39 Å². The van der Waals surface area contributed by atoms with Gasteiger partial charge in [-0.2, -0.15) is 0 Å². The molecule has 0 aromatic heterocycles. The van der Waals surface area contributed by atoms with E-state index < -0.39 is 0 Å². The topological polar surface area (TPSA) is 48.0 Å². The Morgan fingerprint density at radius 1 is 0.927 bits per heavy atom. The molecule has 0 N–H and O–H groups in total. The number of ether oxygens (including phenoxy) is 3. The number of piperidine rings is 1. The van der Waals surface area contributed by atoms with Crippen molar-refractivity contribution in [2.24, 2.45) is 5.92 Å². The molecule has 0 amide bonds. The number of esters is 1. The molecule has 1 aliphatic heterocycles. The third-order valence-electron chi connectivity index (χ3n) is 8.86. The average Bonchev–Trinajstić information content (AvgIpc) is 3.83. The van der Waals surface area contributed by atoms with Crippen molar-refractivity contribution in [3.8, 4) is 22.6 Å². The van der Waals surface area contributed by atoms with E-state index in [9.17, 15) is 4.79 Å². The fourth-order valence-electron chi connectivity index (χ4n) is 6.27. The highest BCUT2D eigenvalue weighted by atomic mass is 19.1. The van der Waals surface area contributed by atoms with Gasteiger partial charge in [-0.05, 0) is 104 Å². The van der Waals surface area contributed by atoms with Crippen LogP contribution < -0.4 is 9.47 Å². The van der Waals surface area contributed by atoms with Crippen LogP contribution in [0.2, 0.25) is 0 Å². The van der Waals surface area contributed by atoms with Crippen molar-refractivity contribution in [3.05, 3.63) is 83.2 Å². The monoisotopic (exact) mass is 559 g/mol. The molecule has 0 spiro atoms. The molecular weight excluding hydrogens is 517 g/mol. The average molecular weight is 560 g/mol. The summed E-state index contributed by atoms with van der Waals surface area (Å²) in [5, 5.41) is 0. The van der Waals surface area contributed by atoms with Crippen molar-refractivity contribution < 1.29 is 23.4 Å². The van der Waals surface area contributed by atoms with Crippen LogP contribution in [0.25, 0.3) is 11.1 Å². The van der Waals surface area contributed by atoms with Crippen LogP contribution in [0.3, 0.4) is 0 Å². The van der Waals surface area contributed by atoms with Crippen molar-refractivity contribution in [2.75, 3.05) is 14.2 Å². The Hall–Kier alpha value is -3.38. The van der Waals surface area contributed by atoms with Crippen LogP contribution >= 0.6 is 0 Å². The Bertz CT molecular complexity index is 1340. The number of hydrogen-bond donors (Lipinski definition) is 0. The summed E-state index contributed by atoms with van der Waals surface area (Å²) in [5.74, 6) is 1.66. The van der Waals surface area contributed by atoms with Gasteiger partial charge in [0.2, 0.25) is 0 Å². The van der Waals surface area contributed by atoms with Gasteiger partial charge >= 0.3 is 5.97 Å². The predicted octanol–water partition coefficient (Wildman–Crippen LogP) is 7.90. The molecule has 6 heteroatoms. The molecule has 0 unspecified atom stereocenters. The standard InChI is InChI=1S/C35H42FNO4/c1-23-7-5-8-24(2)37(23)21-28-17-25(11-15-31(28)33-19-29(39-3)14-16-34(33)36)22-41-30-10-6-9-27(18-30)32(26-12-13-26)20-35(38)40-4/h6,9-11,14-19,23-24,26,32H,5,7-8,12-13,20-22H2,1-4H3/t23-,24-,32+/m0/s1. The molecule has 2 aliphatic rings. The highest BCUT2D eigenvalue weighted by molar-refractivity contribution is 5.71. The number of rotatable bonds is 11. The SMILES string of the molecule is COC(=O)C[C@@H](c1cccc(OCc2ccc(-c3cc(OC)ccc3F)c(CN3[C@@H](C)CCC[C@@H]3C)c2)c1)C1CC1. The first-order valence-electron chi connectivity index (χ1n) is 14.9. The molecule has 1 saturated carbocycles. The predicted molar refractivity (Wildman–Crippen MR) is 160 cm³/mol. The highest BCUT2D eigenvalue weighted by Gasteiger charge is 2.34. The summed E-state index contributed by atoms with van der Waals surface area (Å²) in [7, 11) is 3.05. The first kappa shape index (κ1) is 29.1. The molecule has 3 aromatic carbocycles. The van der Waals surface area contributed by atoms with Crippen LogP contribution in [0.15, 0.2) is 60.7 Å². The number of hydrogen-bond acceptors (Lipinski definition) is 5. The van der Waals surface area contributed by atoms with Gasteiger partial charge in [-0.15, -0.1) is 0 Å². The molecule has 2 fully saturated rings. The van der Waals surface area contributed by atoms with Crippen molar-refractivity contribution in [3.63, 3.8) is 0 Å². The number of methoxy groups -OCH3 is 2. The molecule has 0 bridgehead atoms. The van der Waals surface area contributed by atoms with Gasteiger partial charge in [-0.25, -0.2) is 4.39 Å². The molecule has 5 nitrogen and oxygen atoms in total. The number of nitrogens with zero attached hydrogens (tertiary/aromatic N) is 1.